The summed E-state index contributed by atoms with van der Waals surface area (Å²) in [7, 11) is 0. The summed E-state index contributed by atoms with van der Waals surface area (Å²) in [5.74, 6) is -1.17. The largest absolute Gasteiger partial charge is 0.480 e. The molecule has 0 aliphatic heterocycles. The number of carboxylic acid groups (broad SMARTS) is 1. The molecular weight excluding hydrogens is 356 g/mol. The molecule has 0 bridgehead atoms. The number of carboxylic acids is 1. The van der Waals surface area contributed by atoms with E-state index < -0.39 is 18.0 Å². The average Bonchev–Trinajstić information content (AvgIpc) is 2.71. The fourth-order valence-electron chi connectivity index (χ4n) is 2.91. The van der Waals surface area contributed by atoms with E-state index in [1.807, 2.05) is 67.6 Å². The molecule has 0 heterocycles. The summed E-state index contributed by atoms with van der Waals surface area (Å²) < 4.78 is 0. The Labute approximate surface area is 165 Å². The van der Waals surface area contributed by atoms with E-state index in [1.165, 1.54) is 0 Å². The first-order chi connectivity index (χ1) is 13.5. The van der Waals surface area contributed by atoms with Gasteiger partial charge in [-0.05, 0) is 23.5 Å². The van der Waals surface area contributed by atoms with Crippen molar-refractivity contribution in [1.82, 2.24) is 10.2 Å². The van der Waals surface area contributed by atoms with Gasteiger partial charge in [-0.25, -0.2) is 9.59 Å². The van der Waals surface area contributed by atoms with Gasteiger partial charge in [0, 0.05) is 26.1 Å². The zero-order valence-corrected chi connectivity index (χ0v) is 16.1. The van der Waals surface area contributed by atoms with Crippen molar-refractivity contribution in [3.63, 3.8) is 0 Å². The zero-order chi connectivity index (χ0) is 20.4. The number of amides is 2. The van der Waals surface area contributed by atoms with Gasteiger partial charge in [0.05, 0.1) is 0 Å². The number of aliphatic hydroxyl groups is 1. The average molecular weight is 384 g/mol. The van der Waals surface area contributed by atoms with E-state index in [9.17, 15) is 19.8 Å². The van der Waals surface area contributed by atoms with E-state index in [0.717, 1.165) is 11.1 Å². The maximum Gasteiger partial charge on any atom is 0.326 e. The molecule has 2 amide bonds. The highest BCUT2D eigenvalue weighted by Gasteiger charge is 2.24. The number of nitrogens with one attached hydrogen (secondary N) is 1. The van der Waals surface area contributed by atoms with E-state index in [1.54, 1.807) is 4.90 Å². The van der Waals surface area contributed by atoms with Crippen LogP contribution in [0.5, 0.6) is 0 Å². The summed E-state index contributed by atoms with van der Waals surface area (Å²) in [4.78, 5) is 26.0. The lowest BCUT2D eigenvalue weighted by molar-refractivity contribution is -0.139. The van der Waals surface area contributed by atoms with Gasteiger partial charge >= 0.3 is 12.0 Å². The van der Waals surface area contributed by atoms with E-state index >= 15 is 0 Å². The number of carbonyl (C=O) groups excluding carboxylic acids is 1. The molecule has 28 heavy (non-hydrogen) atoms. The summed E-state index contributed by atoms with van der Waals surface area (Å²) in [5.41, 5.74) is 1.94. The molecule has 3 N–H and O–H groups in total. The van der Waals surface area contributed by atoms with E-state index in [0.29, 0.717) is 19.5 Å². The van der Waals surface area contributed by atoms with Gasteiger partial charge in [0.2, 0.25) is 0 Å². The summed E-state index contributed by atoms with van der Waals surface area (Å²) in [6.07, 6.45) is 0.868. The van der Waals surface area contributed by atoms with Gasteiger partial charge < -0.3 is 20.4 Å². The van der Waals surface area contributed by atoms with Crippen LogP contribution in [0.3, 0.4) is 0 Å². The Balaban J connectivity index is 2.04. The molecule has 2 atom stereocenters. The Kier molecular flexibility index (Phi) is 8.49. The molecule has 0 aromatic heterocycles. The number of hydrogen-bond acceptors (Lipinski definition) is 3. The molecule has 2 aromatic carbocycles. The van der Waals surface area contributed by atoms with Gasteiger partial charge in [-0.3, -0.25) is 0 Å². The third-order valence-electron chi connectivity index (χ3n) is 4.52. The molecule has 0 unspecified atom stereocenters. The molecule has 6 heteroatoms. The van der Waals surface area contributed by atoms with Gasteiger partial charge in [-0.15, -0.1) is 0 Å². The number of carbonyl (C=O) groups is 2. The van der Waals surface area contributed by atoms with Crippen LogP contribution in [0.25, 0.3) is 0 Å². The van der Waals surface area contributed by atoms with E-state index in [4.69, 9.17) is 0 Å². The Morgan fingerprint density at radius 2 is 1.57 bits per heavy atom. The van der Waals surface area contributed by atoms with Crippen molar-refractivity contribution in [3.8, 4) is 0 Å². The second-order valence-electron chi connectivity index (χ2n) is 7.00. The van der Waals surface area contributed by atoms with Gasteiger partial charge in [0.25, 0.3) is 0 Å². The molecule has 150 valence electrons. The second kappa shape index (κ2) is 11.1. The molecule has 2 aromatic rings. The lowest BCUT2D eigenvalue weighted by atomic mass is 10.1. The summed E-state index contributed by atoms with van der Waals surface area (Å²) >= 11 is 0. The third-order valence-corrected chi connectivity index (χ3v) is 4.52. The summed E-state index contributed by atoms with van der Waals surface area (Å²) in [5, 5.41) is 21.5. The molecule has 0 radical (unpaired) electrons. The van der Waals surface area contributed by atoms with Crippen LogP contribution < -0.4 is 5.32 Å². The number of nitrogens with zero attached hydrogens (tertiary/aromatic N) is 1. The molecule has 2 rings (SSSR count). The number of aliphatic hydroxyl groups excluding tert-OH is 1. The third kappa shape index (κ3) is 7.04. The Bertz CT molecular complexity index is 737. The lowest BCUT2D eigenvalue weighted by Crippen LogP contribution is -2.50. The van der Waals surface area contributed by atoms with Crippen molar-refractivity contribution in [1.29, 1.82) is 0 Å². The quantitative estimate of drug-likeness (QED) is 0.587. The van der Waals surface area contributed by atoms with E-state index in [-0.39, 0.29) is 18.9 Å². The van der Waals surface area contributed by atoms with Crippen molar-refractivity contribution in [2.45, 2.75) is 25.8 Å². The first kappa shape index (κ1) is 21.4. The molecular formula is C22H28N2O4. The normalized spacial score (nSPS) is 12.8. The standard InChI is InChI=1S/C22H28N2O4/c1-17(16-25)15-24(13-12-18-8-4-2-5-9-18)22(28)23-20(21(26)27)14-19-10-6-3-7-11-19/h2-11,17,20,25H,12-16H2,1H3,(H,23,28)(H,26,27)/t17-,20-/m0/s1. The molecule has 0 fully saturated rings. The first-order valence-electron chi connectivity index (χ1n) is 9.46. The molecule has 6 nitrogen and oxygen atoms in total. The number of aliphatic carboxylic acids is 1. The van der Waals surface area contributed by atoms with Crippen molar-refractivity contribution < 1.29 is 19.8 Å². The SMILES string of the molecule is C[C@H](CO)CN(CCc1ccccc1)C(=O)N[C@@H](Cc1ccccc1)C(=O)O. The monoisotopic (exact) mass is 384 g/mol. The maximum absolute atomic E-state index is 12.8. The first-order valence-corrected chi connectivity index (χ1v) is 9.46. The van der Waals surface area contributed by atoms with Crippen molar-refractivity contribution >= 4 is 12.0 Å². The number of benzene rings is 2. The predicted octanol–water partition coefficient (Wildman–Crippen LogP) is 2.57. The molecule has 0 spiro atoms. The highest BCUT2D eigenvalue weighted by atomic mass is 16.4. The van der Waals surface area contributed by atoms with E-state index in [2.05, 4.69) is 5.32 Å². The van der Waals surface area contributed by atoms with Gasteiger partial charge in [-0.1, -0.05) is 67.6 Å². The maximum atomic E-state index is 12.8. The Hall–Kier alpha value is -2.86. The van der Waals surface area contributed by atoms with Crippen molar-refractivity contribution in [3.05, 3.63) is 71.8 Å². The van der Waals surface area contributed by atoms with Gasteiger partial charge in [0.1, 0.15) is 6.04 Å². The molecule has 0 saturated heterocycles. The molecule has 0 aliphatic carbocycles. The van der Waals surface area contributed by atoms with Gasteiger partial charge in [0.15, 0.2) is 0 Å². The minimum absolute atomic E-state index is 0.0402. The van der Waals surface area contributed by atoms with Crippen LogP contribution >= 0.6 is 0 Å². The Morgan fingerprint density at radius 1 is 1.00 bits per heavy atom. The number of hydrogen-bond donors (Lipinski definition) is 3. The highest BCUT2D eigenvalue weighted by Crippen LogP contribution is 2.08. The minimum atomic E-state index is -1.07. The predicted molar refractivity (Wildman–Crippen MR) is 108 cm³/mol. The molecule has 0 saturated carbocycles. The van der Waals surface area contributed by atoms with Crippen molar-refractivity contribution in [2.75, 3.05) is 19.7 Å². The van der Waals surface area contributed by atoms with Crippen LogP contribution in [0, 0.1) is 5.92 Å². The summed E-state index contributed by atoms with van der Waals surface area (Å²) in [6.45, 7) is 2.60. The van der Waals surface area contributed by atoms with Crippen LogP contribution in [-0.2, 0) is 17.6 Å². The minimum Gasteiger partial charge on any atom is -0.480 e. The van der Waals surface area contributed by atoms with Crippen LogP contribution in [0.1, 0.15) is 18.1 Å². The topological polar surface area (TPSA) is 89.9 Å². The van der Waals surface area contributed by atoms with Crippen LogP contribution in [0.2, 0.25) is 0 Å². The zero-order valence-electron chi connectivity index (χ0n) is 16.1. The van der Waals surface area contributed by atoms with Gasteiger partial charge in [-0.2, -0.15) is 0 Å². The number of urea groups is 1. The highest BCUT2D eigenvalue weighted by molar-refractivity contribution is 5.82. The fourth-order valence-corrected chi connectivity index (χ4v) is 2.91. The van der Waals surface area contributed by atoms with Crippen molar-refractivity contribution in [2.24, 2.45) is 5.92 Å². The number of rotatable bonds is 10. The van der Waals surface area contributed by atoms with Crippen LogP contribution in [-0.4, -0.2) is 52.9 Å². The summed E-state index contributed by atoms with van der Waals surface area (Å²) in [6, 6.07) is 17.6. The lowest BCUT2D eigenvalue weighted by Gasteiger charge is -2.27. The smallest absolute Gasteiger partial charge is 0.326 e. The fraction of sp³-hybridized carbons (Fsp3) is 0.364. The molecule has 0 aliphatic rings. The van der Waals surface area contributed by atoms with Crippen LogP contribution in [0.4, 0.5) is 4.79 Å². The van der Waals surface area contributed by atoms with Crippen LogP contribution in [0.15, 0.2) is 60.7 Å². The Morgan fingerprint density at radius 3 is 2.11 bits per heavy atom. The second-order valence-corrected chi connectivity index (χ2v) is 7.00.